The van der Waals surface area contributed by atoms with Crippen LogP contribution in [0.4, 0.5) is 30.7 Å². The van der Waals surface area contributed by atoms with Crippen molar-refractivity contribution in [3.63, 3.8) is 0 Å². The van der Waals surface area contributed by atoms with E-state index in [4.69, 9.17) is 16.3 Å². The van der Waals surface area contributed by atoms with Gasteiger partial charge in [0.2, 0.25) is 5.91 Å². The molecule has 41 heavy (non-hydrogen) atoms. The van der Waals surface area contributed by atoms with E-state index in [1.165, 1.54) is 0 Å². The molecule has 1 heterocycles. The van der Waals surface area contributed by atoms with Crippen molar-refractivity contribution in [2.45, 2.75) is 57.3 Å². The molecule has 1 aliphatic rings. The fourth-order valence-electron chi connectivity index (χ4n) is 4.59. The Balaban J connectivity index is 1.45. The number of nitrogens with zero attached hydrogens (tertiary/aromatic N) is 1. The summed E-state index contributed by atoms with van der Waals surface area (Å²) >= 11 is 6.13. The van der Waals surface area contributed by atoms with E-state index in [0.717, 1.165) is 11.6 Å². The Morgan fingerprint density at radius 2 is 1.68 bits per heavy atom. The number of alkyl halides is 6. The molecule has 1 saturated carbocycles. The lowest BCUT2D eigenvalue weighted by Gasteiger charge is -2.28. The van der Waals surface area contributed by atoms with E-state index in [0.29, 0.717) is 43.4 Å². The number of benzene rings is 2. The van der Waals surface area contributed by atoms with Gasteiger partial charge in [-0.25, -0.2) is 9.37 Å². The lowest BCUT2D eigenvalue weighted by atomic mass is 9.86. The summed E-state index contributed by atoms with van der Waals surface area (Å²) in [5.41, 5.74) is -5.80. The molecule has 1 fully saturated rings. The van der Waals surface area contributed by atoms with Gasteiger partial charge in [0.25, 0.3) is 5.56 Å². The molecule has 220 valence electrons. The quantitative estimate of drug-likeness (QED) is 0.295. The predicted octanol–water partition coefficient (Wildman–Crippen LogP) is 6.66. The molecule has 2 aromatic carbocycles. The first-order valence-corrected chi connectivity index (χ1v) is 12.8. The Labute approximate surface area is 233 Å². The topological polar surface area (TPSA) is 84.1 Å². The van der Waals surface area contributed by atoms with Crippen LogP contribution >= 0.6 is 11.6 Å². The highest BCUT2D eigenvalue weighted by Crippen LogP contribution is 2.39. The van der Waals surface area contributed by atoms with Gasteiger partial charge in [-0.05, 0) is 43.4 Å². The highest BCUT2D eigenvalue weighted by atomic mass is 35.5. The molecule has 1 aliphatic carbocycles. The summed E-state index contributed by atoms with van der Waals surface area (Å²) in [5, 5.41) is 3.06. The van der Waals surface area contributed by atoms with Gasteiger partial charge in [0, 0.05) is 29.1 Å². The minimum absolute atomic E-state index is 0.0509. The maximum absolute atomic E-state index is 15.4. The number of halogens is 8. The first kappa shape index (κ1) is 30.5. The molecule has 0 unspecified atom stereocenters. The summed E-state index contributed by atoms with van der Waals surface area (Å²) in [4.78, 5) is 29.3. The zero-order chi connectivity index (χ0) is 29.9. The SMILES string of the molecule is O=C(NCc1ccc(C(F)(F)F)c(-c2nc(C(F)(F)F)cc(=O)[nH]2)c1F)C1CCC(OCc2ccccc2Cl)CC1. The number of aromatic nitrogens is 2. The molecule has 0 radical (unpaired) electrons. The van der Waals surface area contributed by atoms with Gasteiger partial charge in [-0.15, -0.1) is 0 Å². The number of hydrogen-bond acceptors (Lipinski definition) is 4. The number of aromatic amines is 1. The summed E-state index contributed by atoms with van der Waals surface area (Å²) in [6.45, 7) is -0.231. The largest absolute Gasteiger partial charge is 0.433 e. The molecule has 0 spiro atoms. The van der Waals surface area contributed by atoms with Crippen LogP contribution in [0.2, 0.25) is 5.02 Å². The summed E-state index contributed by atoms with van der Waals surface area (Å²) in [5.74, 6) is -3.72. The van der Waals surface area contributed by atoms with E-state index < -0.39 is 70.3 Å². The molecule has 1 amide bonds. The van der Waals surface area contributed by atoms with Crippen molar-refractivity contribution in [2.24, 2.45) is 5.92 Å². The number of carbonyl (C=O) groups is 1. The summed E-state index contributed by atoms with van der Waals surface area (Å²) in [6.07, 6.45) is -8.41. The number of nitrogens with one attached hydrogen (secondary N) is 2. The zero-order valence-electron chi connectivity index (χ0n) is 21.1. The Morgan fingerprint density at radius 3 is 2.32 bits per heavy atom. The number of H-pyrrole nitrogens is 1. The van der Waals surface area contributed by atoms with E-state index in [1.807, 2.05) is 12.1 Å². The number of amides is 1. The third-order valence-corrected chi connectivity index (χ3v) is 7.10. The molecule has 4 rings (SSSR count). The molecule has 0 saturated heterocycles. The van der Waals surface area contributed by atoms with Crippen LogP contribution in [0.5, 0.6) is 0 Å². The Kier molecular flexibility index (Phi) is 9.07. The number of ether oxygens (including phenoxy) is 1. The molecule has 1 aromatic heterocycles. The highest BCUT2D eigenvalue weighted by Gasteiger charge is 2.39. The lowest BCUT2D eigenvalue weighted by molar-refractivity contribution is -0.141. The van der Waals surface area contributed by atoms with Gasteiger partial charge in [-0.3, -0.25) is 9.59 Å². The van der Waals surface area contributed by atoms with Gasteiger partial charge in [-0.1, -0.05) is 35.9 Å². The lowest BCUT2D eigenvalue weighted by Crippen LogP contribution is -2.34. The second-order valence-electron chi connectivity index (χ2n) is 9.53. The summed E-state index contributed by atoms with van der Waals surface area (Å²) < 4.78 is 102. The zero-order valence-corrected chi connectivity index (χ0v) is 21.9. The van der Waals surface area contributed by atoms with Crippen LogP contribution in [0.1, 0.15) is 48.1 Å². The molecule has 14 heteroatoms. The van der Waals surface area contributed by atoms with E-state index in [2.05, 4.69) is 10.3 Å². The van der Waals surface area contributed by atoms with Crippen molar-refractivity contribution in [2.75, 3.05) is 0 Å². The van der Waals surface area contributed by atoms with Crippen LogP contribution in [-0.2, 0) is 35.0 Å². The molecule has 3 aromatic rings. The van der Waals surface area contributed by atoms with Gasteiger partial charge in [0.1, 0.15) is 11.6 Å². The van der Waals surface area contributed by atoms with Gasteiger partial charge < -0.3 is 15.0 Å². The average Bonchev–Trinajstić information content (AvgIpc) is 2.90. The van der Waals surface area contributed by atoms with Gasteiger partial charge in [-0.2, -0.15) is 26.3 Å². The predicted molar refractivity (Wildman–Crippen MR) is 134 cm³/mol. The number of carbonyl (C=O) groups excluding carboxylic acids is 1. The Bertz CT molecular complexity index is 1470. The minimum atomic E-state index is -5.18. The van der Waals surface area contributed by atoms with E-state index in [9.17, 15) is 35.9 Å². The second kappa shape index (κ2) is 12.2. The van der Waals surface area contributed by atoms with Crippen LogP contribution in [-0.4, -0.2) is 22.0 Å². The fourth-order valence-corrected chi connectivity index (χ4v) is 4.78. The van der Waals surface area contributed by atoms with E-state index >= 15 is 4.39 Å². The Hall–Kier alpha value is -3.45. The van der Waals surface area contributed by atoms with Gasteiger partial charge in [0.05, 0.1) is 23.8 Å². The third kappa shape index (κ3) is 7.45. The summed E-state index contributed by atoms with van der Waals surface area (Å²) in [7, 11) is 0. The van der Waals surface area contributed by atoms with Crippen molar-refractivity contribution in [3.8, 4) is 11.4 Å². The van der Waals surface area contributed by atoms with Gasteiger partial charge >= 0.3 is 12.4 Å². The molecule has 0 atom stereocenters. The van der Waals surface area contributed by atoms with E-state index in [1.54, 1.807) is 17.1 Å². The molecule has 0 aliphatic heterocycles. The molecule has 6 nitrogen and oxygen atoms in total. The third-order valence-electron chi connectivity index (χ3n) is 6.73. The van der Waals surface area contributed by atoms with Crippen molar-refractivity contribution >= 4 is 17.5 Å². The average molecular weight is 606 g/mol. The smallest absolute Gasteiger partial charge is 0.373 e. The van der Waals surface area contributed by atoms with Crippen LogP contribution < -0.4 is 10.9 Å². The number of hydrogen-bond donors (Lipinski definition) is 2. The molecular weight excluding hydrogens is 583 g/mol. The van der Waals surface area contributed by atoms with Crippen LogP contribution in [0, 0.1) is 11.7 Å². The van der Waals surface area contributed by atoms with Crippen molar-refractivity contribution in [1.29, 1.82) is 0 Å². The standard InChI is InChI=1S/C27H23ClF7N3O3/c28-19-4-2-1-3-16(19)13-41-17-8-5-14(6-9-17)25(40)36-12-15-7-10-18(26(30,31)32)22(23(15)29)24-37-20(27(33,34)35)11-21(39)38-24/h1-4,7,10-11,14,17H,5-6,8-9,12-13H2,(H,36,40)(H,37,38,39). The second-order valence-corrected chi connectivity index (χ2v) is 9.94. The van der Waals surface area contributed by atoms with Gasteiger partial charge in [0.15, 0.2) is 5.69 Å². The van der Waals surface area contributed by atoms with Crippen LogP contribution in [0.15, 0.2) is 47.3 Å². The maximum atomic E-state index is 15.4. The highest BCUT2D eigenvalue weighted by molar-refractivity contribution is 6.31. The first-order valence-electron chi connectivity index (χ1n) is 12.4. The first-order chi connectivity index (χ1) is 19.2. The van der Waals surface area contributed by atoms with E-state index in [-0.39, 0.29) is 12.2 Å². The monoisotopic (exact) mass is 605 g/mol. The maximum Gasteiger partial charge on any atom is 0.433 e. The minimum Gasteiger partial charge on any atom is -0.373 e. The fraction of sp³-hybridized carbons (Fsp3) is 0.370. The number of rotatable bonds is 7. The van der Waals surface area contributed by atoms with Crippen molar-refractivity contribution in [1.82, 2.24) is 15.3 Å². The van der Waals surface area contributed by atoms with Crippen molar-refractivity contribution < 1.29 is 40.3 Å². The molecule has 2 N–H and O–H groups in total. The van der Waals surface area contributed by atoms with Crippen LogP contribution in [0.3, 0.4) is 0 Å². The van der Waals surface area contributed by atoms with Crippen molar-refractivity contribution in [3.05, 3.63) is 86.0 Å². The summed E-state index contributed by atoms with van der Waals surface area (Å²) in [6, 6.07) is 8.51. The molecular formula is C27H23ClF7N3O3. The Morgan fingerprint density at radius 1 is 1.00 bits per heavy atom. The normalized spacial score (nSPS) is 17.9. The molecule has 0 bridgehead atoms. The van der Waals surface area contributed by atoms with Crippen LogP contribution in [0.25, 0.3) is 11.4 Å².